The molecule has 1 amide bonds. The van der Waals surface area contributed by atoms with Crippen LogP contribution in [0.1, 0.15) is 12.0 Å². The molecule has 1 aromatic carbocycles. The molecule has 1 saturated heterocycles. The highest BCUT2D eigenvalue weighted by Crippen LogP contribution is 2.16. The molecule has 18 heavy (non-hydrogen) atoms. The van der Waals surface area contributed by atoms with Gasteiger partial charge in [-0.15, -0.1) is 0 Å². The molecule has 0 aliphatic carbocycles. The number of nitrogens with one attached hydrogen (secondary N) is 2. The van der Waals surface area contributed by atoms with Crippen LogP contribution in [0.3, 0.4) is 0 Å². The molecule has 1 aliphatic rings. The second kappa shape index (κ2) is 5.65. The second-order valence-electron chi connectivity index (χ2n) is 4.29. The van der Waals surface area contributed by atoms with Crippen molar-refractivity contribution in [2.75, 3.05) is 6.54 Å². The van der Waals surface area contributed by atoms with Crippen molar-refractivity contribution in [3.63, 3.8) is 0 Å². The Bertz CT molecular complexity index is 435. The largest absolute Gasteiger partial charge is 0.378 e. The van der Waals surface area contributed by atoms with E-state index in [4.69, 9.17) is 11.6 Å². The predicted octanol–water partition coefficient (Wildman–Crippen LogP) is 1.02. The van der Waals surface area contributed by atoms with Gasteiger partial charge in [0.2, 0.25) is 5.91 Å². The van der Waals surface area contributed by atoms with Crippen LogP contribution in [0.2, 0.25) is 5.02 Å². The Morgan fingerprint density at radius 2 is 2.33 bits per heavy atom. The van der Waals surface area contributed by atoms with Crippen LogP contribution in [0.15, 0.2) is 18.2 Å². The van der Waals surface area contributed by atoms with Crippen LogP contribution < -0.4 is 10.6 Å². The molecule has 2 atom stereocenters. The highest BCUT2D eigenvalue weighted by Gasteiger charge is 2.30. The summed E-state index contributed by atoms with van der Waals surface area (Å²) in [5, 5.41) is 15.6. The summed E-state index contributed by atoms with van der Waals surface area (Å²) in [7, 11) is 0. The normalized spacial score (nSPS) is 20.8. The SMILES string of the molecule is O=C1NCCC1C(O)NCc1cc(F)cc(Cl)c1. The third-order valence-electron chi connectivity index (χ3n) is 2.91. The van der Waals surface area contributed by atoms with Gasteiger partial charge in [-0.3, -0.25) is 10.1 Å². The van der Waals surface area contributed by atoms with Crippen LogP contribution in [-0.2, 0) is 11.3 Å². The maximum Gasteiger partial charge on any atom is 0.227 e. The number of amides is 1. The highest BCUT2D eigenvalue weighted by atomic mass is 35.5. The van der Waals surface area contributed by atoms with Gasteiger partial charge in [0.25, 0.3) is 0 Å². The van der Waals surface area contributed by atoms with Gasteiger partial charge in [0.1, 0.15) is 12.0 Å². The molecule has 1 heterocycles. The topological polar surface area (TPSA) is 61.4 Å². The van der Waals surface area contributed by atoms with E-state index in [1.54, 1.807) is 6.07 Å². The monoisotopic (exact) mass is 272 g/mol. The average Bonchev–Trinajstić information content (AvgIpc) is 2.71. The molecular weight excluding hydrogens is 259 g/mol. The van der Waals surface area contributed by atoms with E-state index in [9.17, 15) is 14.3 Å². The van der Waals surface area contributed by atoms with Gasteiger partial charge in [-0.25, -0.2) is 4.39 Å². The van der Waals surface area contributed by atoms with Gasteiger partial charge in [-0.2, -0.15) is 0 Å². The number of benzene rings is 1. The minimum absolute atomic E-state index is 0.160. The van der Waals surface area contributed by atoms with Gasteiger partial charge in [-0.05, 0) is 30.2 Å². The van der Waals surface area contributed by atoms with E-state index in [1.807, 2.05) is 0 Å². The Balaban J connectivity index is 1.92. The van der Waals surface area contributed by atoms with E-state index in [2.05, 4.69) is 10.6 Å². The Morgan fingerprint density at radius 1 is 1.56 bits per heavy atom. The minimum atomic E-state index is -0.936. The number of carbonyl (C=O) groups excluding carboxylic acids is 1. The van der Waals surface area contributed by atoms with Crippen LogP contribution in [-0.4, -0.2) is 23.8 Å². The number of aliphatic hydroxyl groups is 1. The Hall–Kier alpha value is -1.17. The van der Waals surface area contributed by atoms with Crippen molar-refractivity contribution < 1.29 is 14.3 Å². The summed E-state index contributed by atoms with van der Waals surface area (Å²) in [4.78, 5) is 11.3. The molecule has 1 aromatic rings. The fourth-order valence-electron chi connectivity index (χ4n) is 1.99. The number of hydrogen-bond donors (Lipinski definition) is 3. The van der Waals surface area contributed by atoms with Crippen molar-refractivity contribution in [2.24, 2.45) is 5.92 Å². The van der Waals surface area contributed by atoms with Gasteiger partial charge in [0.05, 0.1) is 5.92 Å². The van der Waals surface area contributed by atoms with E-state index in [0.717, 1.165) is 0 Å². The third-order valence-corrected chi connectivity index (χ3v) is 3.13. The number of halogens is 2. The maximum absolute atomic E-state index is 13.1. The van der Waals surface area contributed by atoms with Crippen molar-refractivity contribution in [3.05, 3.63) is 34.6 Å². The molecule has 1 fully saturated rings. The lowest BCUT2D eigenvalue weighted by atomic mass is 10.1. The summed E-state index contributed by atoms with van der Waals surface area (Å²) < 4.78 is 13.1. The van der Waals surface area contributed by atoms with Gasteiger partial charge < -0.3 is 10.4 Å². The zero-order valence-electron chi connectivity index (χ0n) is 9.62. The Kier molecular flexibility index (Phi) is 4.16. The molecule has 6 heteroatoms. The summed E-state index contributed by atoms with van der Waals surface area (Å²) in [5.41, 5.74) is 0.623. The molecule has 2 rings (SSSR count). The average molecular weight is 273 g/mol. The van der Waals surface area contributed by atoms with Crippen LogP contribution in [0.5, 0.6) is 0 Å². The molecule has 0 aromatic heterocycles. The number of rotatable bonds is 4. The van der Waals surface area contributed by atoms with Crippen molar-refractivity contribution in [1.82, 2.24) is 10.6 Å². The third kappa shape index (κ3) is 3.19. The van der Waals surface area contributed by atoms with Gasteiger partial charge in [-0.1, -0.05) is 11.6 Å². The molecule has 2 unspecified atom stereocenters. The fraction of sp³-hybridized carbons (Fsp3) is 0.417. The van der Waals surface area contributed by atoms with Gasteiger partial charge in [0.15, 0.2) is 0 Å². The molecule has 0 radical (unpaired) electrons. The summed E-state index contributed by atoms with van der Waals surface area (Å²) >= 11 is 5.72. The van der Waals surface area contributed by atoms with Crippen LogP contribution >= 0.6 is 11.6 Å². The fourth-order valence-corrected chi connectivity index (χ4v) is 2.24. The lowest BCUT2D eigenvalue weighted by Crippen LogP contribution is -2.39. The Labute approximate surface area is 109 Å². The van der Waals surface area contributed by atoms with Crippen LogP contribution in [0.4, 0.5) is 4.39 Å². The molecule has 0 spiro atoms. The zero-order chi connectivity index (χ0) is 13.1. The van der Waals surface area contributed by atoms with E-state index in [0.29, 0.717) is 23.6 Å². The number of aliphatic hydroxyl groups excluding tert-OH is 1. The first-order valence-electron chi connectivity index (χ1n) is 5.70. The van der Waals surface area contributed by atoms with Crippen molar-refractivity contribution in [3.8, 4) is 0 Å². The smallest absolute Gasteiger partial charge is 0.227 e. The standard InChI is InChI=1S/C12H14ClFN2O2/c13-8-3-7(4-9(14)5-8)6-16-12(18)10-1-2-15-11(10)17/h3-5,10,12,16,18H,1-2,6H2,(H,15,17). The van der Waals surface area contributed by atoms with Crippen molar-refractivity contribution >= 4 is 17.5 Å². The van der Waals surface area contributed by atoms with Gasteiger partial charge >= 0.3 is 0 Å². The molecule has 4 nitrogen and oxygen atoms in total. The lowest BCUT2D eigenvalue weighted by Gasteiger charge is -2.17. The van der Waals surface area contributed by atoms with Gasteiger partial charge in [0, 0.05) is 18.1 Å². The minimum Gasteiger partial charge on any atom is -0.378 e. The van der Waals surface area contributed by atoms with E-state index in [1.165, 1.54) is 12.1 Å². The van der Waals surface area contributed by atoms with E-state index >= 15 is 0 Å². The molecule has 0 bridgehead atoms. The van der Waals surface area contributed by atoms with Crippen LogP contribution in [0.25, 0.3) is 0 Å². The molecular formula is C12H14ClFN2O2. The number of hydrogen-bond acceptors (Lipinski definition) is 3. The van der Waals surface area contributed by atoms with E-state index < -0.39 is 18.0 Å². The van der Waals surface area contributed by atoms with Crippen LogP contribution in [0, 0.1) is 11.7 Å². The maximum atomic E-state index is 13.1. The molecule has 1 aliphatic heterocycles. The first-order valence-corrected chi connectivity index (χ1v) is 6.08. The number of carbonyl (C=O) groups is 1. The summed E-state index contributed by atoms with van der Waals surface area (Å²) in [6.07, 6.45) is -0.341. The van der Waals surface area contributed by atoms with Crippen molar-refractivity contribution in [1.29, 1.82) is 0 Å². The highest BCUT2D eigenvalue weighted by molar-refractivity contribution is 6.30. The molecule has 98 valence electrons. The Morgan fingerprint density at radius 3 is 2.94 bits per heavy atom. The van der Waals surface area contributed by atoms with Crippen molar-refractivity contribution in [2.45, 2.75) is 19.2 Å². The molecule has 3 N–H and O–H groups in total. The lowest BCUT2D eigenvalue weighted by molar-refractivity contribution is -0.126. The van der Waals surface area contributed by atoms with E-state index in [-0.39, 0.29) is 12.5 Å². The first kappa shape index (κ1) is 13.3. The second-order valence-corrected chi connectivity index (χ2v) is 4.73. The summed E-state index contributed by atoms with van der Waals surface area (Å²) in [6.45, 7) is 0.830. The summed E-state index contributed by atoms with van der Waals surface area (Å²) in [5.74, 6) is -1.03. The summed E-state index contributed by atoms with van der Waals surface area (Å²) in [6, 6.07) is 4.16. The quantitative estimate of drug-likeness (QED) is 0.718. The first-order chi connectivity index (χ1) is 8.56. The molecule has 0 saturated carbocycles. The zero-order valence-corrected chi connectivity index (χ0v) is 10.4. The predicted molar refractivity (Wildman–Crippen MR) is 65.4 cm³/mol.